The lowest BCUT2D eigenvalue weighted by atomic mass is 10.0. The summed E-state index contributed by atoms with van der Waals surface area (Å²) < 4.78 is 10.3. The maximum absolute atomic E-state index is 11.4. The van der Waals surface area contributed by atoms with Gasteiger partial charge in [0.25, 0.3) is 0 Å². The van der Waals surface area contributed by atoms with Gasteiger partial charge in [-0.3, -0.25) is 4.79 Å². The molecule has 1 N–H and O–H groups in total. The average molecular weight is 250 g/mol. The van der Waals surface area contributed by atoms with Gasteiger partial charge in [0.1, 0.15) is 6.61 Å². The van der Waals surface area contributed by atoms with Crippen LogP contribution in [0.25, 0.3) is 6.08 Å². The Morgan fingerprint density at radius 2 is 2.06 bits per heavy atom. The van der Waals surface area contributed by atoms with E-state index < -0.39 is 0 Å². The normalized spacial score (nSPS) is 10.8. The molecule has 0 bridgehead atoms. The zero-order chi connectivity index (χ0) is 13.2. The Morgan fingerprint density at radius 1 is 1.28 bits per heavy atom. The zero-order valence-corrected chi connectivity index (χ0v) is 10.5. The van der Waals surface area contributed by atoms with Gasteiger partial charge in [-0.15, -0.1) is 0 Å². The Bertz CT molecular complexity index is 399. The van der Waals surface area contributed by atoms with Crippen molar-refractivity contribution in [3.05, 3.63) is 41.7 Å². The number of carbonyl (C=O) groups excluding carboxylic acids is 1. The fraction of sp³-hybridized carbons (Fsp3) is 0.357. The van der Waals surface area contributed by atoms with Crippen LogP contribution in [0.3, 0.4) is 0 Å². The summed E-state index contributed by atoms with van der Waals surface area (Å²) in [5, 5.41) is 8.49. The second kappa shape index (κ2) is 8.44. The van der Waals surface area contributed by atoms with Gasteiger partial charge >= 0.3 is 0 Å². The smallest absolute Gasteiger partial charge is 0.160 e. The lowest BCUT2D eigenvalue weighted by molar-refractivity contribution is 0.0604. The van der Waals surface area contributed by atoms with E-state index in [0.29, 0.717) is 25.4 Å². The first kappa shape index (κ1) is 14.4. The molecule has 0 saturated carbocycles. The SMILES string of the molecule is CC(=O)c1ccccc1/C=C/OCCOCCO. The zero-order valence-electron chi connectivity index (χ0n) is 10.5. The van der Waals surface area contributed by atoms with Gasteiger partial charge in [-0.1, -0.05) is 24.3 Å². The first-order chi connectivity index (χ1) is 8.75. The summed E-state index contributed by atoms with van der Waals surface area (Å²) in [6.07, 6.45) is 3.30. The number of Topliss-reactive ketones (excluding diaryl/α,β-unsaturated/α-hetero) is 1. The third-order valence-corrected chi connectivity index (χ3v) is 2.27. The highest BCUT2D eigenvalue weighted by atomic mass is 16.5. The lowest BCUT2D eigenvalue weighted by Gasteiger charge is -2.03. The van der Waals surface area contributed by atoms with Crippen LogP contribution < -0.4 is 0 Å². The van der Waals surface area contributed by atoms with E-state index in [1.165, 1.54) is 6.92 Å². The van der Waals surface area contributed by atoms with Crippen LogP contribution in [0.4, 0.5) is 0 Å². The van der Waals surface area contributed by atoms with E-state index in [1.807, 2.05) is 18.2 Å². The molecule has 1 aromatic rings. The number of hydrogen-bond donors (Lipinski definition) is 1. The number of hydrogen-bond acceptors (Lipinski definition) is 4. The van der Waals surface area contributed by atoms with Gasteiger partial charge in [-0.25, -0.2) is 0 Å². The van der Waals surface area contributed by atoms with Crippen LogP contribution in [-0.2, 0) is 9.47 Å². The summed E-state index contributed by atoms with van der Waals surface area (Å²) in [5.41, 5.74) is 1.51. The van der Waals surface area contributed by atoms with E-state index in [-0.39, 0.29) is 12.4 Å². The van der Waals surface area contributed by atoms with Gasteiger partial charge < -0.3 is 14.6 Å². The van der Waals surface area contributed by atoms with Crippen LogP contribution in [0.2, 0.25) is 0 Å². The molecule has 0 atom stereocenters. The van der Waals surface area contributed by atoms with Gasteiger partial charge in [0.05, 0.1) is 26.1 Å². The standard InChI is InChI=1S/C14H18O4/c1-12(16)14-5-3-2-4-13(14)6-8-17-10-11-18-9-7-15/h2-6,8,15H,7,9-11H2,1H3/b8-6+. The maximum atomic E-state index is 11.4. The summed E-state index contributed by atoms with van der Waals surface area (Å²) in [7, 11) is 0. The van der Waals surface area contributed by atoms with Crippen molar-refractivity contribution in [1.29, 1.82) is 0 Å². The first-order valence-corrected chi connectivity index (χ1v) is 5.82. The lowest BCUT2D eigenvalue weighted by Crippen LogP contribution is -2.05. The molecule has 0 aliphatic heterocycles. The molecule has 0 radical (unpaired) electrons. The van der Waals surface area contributed by atoms with E-state index in [9.17, 15) is 4.79 Å². The van der Waals surface area contributed by atoms with Gasteiger partial charge in [0.2, 0.25) is 0 Å². The molecular weight excluding hydrogens is 232 g/mol. The number of benzene rings is 1. The van der Waals surface area contributed by atoms with E-state index in [2.05, 4.69) is 0 Å². The molecule has 4 heteroatoms. The molecule has 1 rings (SSSR count). The van der Waals surface area contributed by atoms with Crippen LogP contribution in [-0.4, -0.2) is 37.3 Å². The monoisotopic (exact) mass is 250 g/mol. The Kier molecular flexibility index (Phi) is 6.76. The van der Waals surface area contributed by atoms with Crippen molar-refractivity contribution >= 4 is 11.9 Å². The van der Waals surface area contributed by atoms with E-state index in [0.717, 1.165) is 5.56 Å². The predicted octanol–water partition coefficient (Wildman–Crippen LogP) is 1.89. The molecule has 0 aliphatic rings. The number of aliphatic hydroxyl groups excluding tert-OH is 1. The molecule has 1 aromatic carbocycles. The summed E-state index contributed by atoms with van der Waals surface area (Å²) in [6, 6.07) is 7.35. The van der Waals surface area contributed by atoms with E-state index >= 15 is 0 Å². The summed E-state index contributed by atoms with van der Waals surface area (Å²) in [4.78, 5) is 11.4. The highest BCUT2D eigenvalue weighted by Crippen LogP contribution is 2.11. The molecule has 0 heterocycles. The van der Waals surface area contributed by atoms with Crippen LogP contribution in [0, 0.1) is 0 Å². The van der Waals surface area contributed by atoms with Crippen LogP contribution in [0.5, 0.6) is 0 Å². The van der Waals surface area contributed by atoms with E-state index in [4.69, 9.17) is 14.6 Å². The maximum Gasteiger partial charge on any atom is 0.160 e. The minimum atomic E-state index is 0.0157. The Hall–Kier alpha value is -1.65. The van der Waals surface area contributed by atoms with Gasteiger partial charge in [-0.05, 0) is 18.6 Å². The fourth-order valence-corrected chi connectivity index (χ4v) is 1.43. The van der Waals surface area contributed by atoms with Crippen molar-refractivity contribution in [3.8, 4) is 0 Å². The summed E-state index contributed by atoms with van der Waals surface area (Å²) in [5.74, 6) is 0.0292. The number of ether oxygens (including phenoxy) is 2. The van der Waals surface area contributed by atoms with Crippen molar-refractivity contribution in [2.75, 3.05) is 26.4 Å². The highest BCUT2D eigenvalue weighted by molar-refractivity contribution is 5.97. The number of aliphatic hydroxyl groups is 1. The third kappa shape index (κ3) is 5.12. The molecule has 0 aromatic heterocycles. The first-order valence-electron chi connectivity index (χ1n) is 5.82. The minimum Gasteiger partial charge on any atom is -0.499 e. The van der Waals surface area contributed by atoms with Gasteiger partial charge in [0, 0.05) is 5.56 Å². The molecule has 0 unspecified atom stereocenters. The molecule has 0 aliphatic carbocycles. The molecule has 18 heavy (non-hydrogen) atoms. The Labute approximate surface area is 107 Å². The quantitative estimate of drug-likeness (QED) is 0.435. The number of ketones is 1. The van der Waals surface area contributed by atoms with Gasteiger partial charge in [0.15, 0.2) is 5.78 Å². The molecule has 0 spiro atoms. The molecule has 0 fully saturated rings. The van der Waals surface area contributed by atoms with E-state index in [1.54, 1.807) is 18.4 Å². The molecule has 4 nitrogen and oxygen atoms in total. The molecular formula is C14H18O4. The third-order valence-electron chi connectivity index (χ3n) is 2.27. The second-order valence-corrected chi connectivity index (χ2v) is 3.65. The number of carbonyl (C=O) groups is 1. The van der Waals surface area contributed by atoms with Crippen molar-refractivity contribution < 1.29 is 19.4 Å². The Balaban J connectivity index is 2.40. The topological polar surface area (TPSA) is 55.8 Å². The average Bonchev–Trinajstić information content (AvgIpc) is 2.38. The largest absolute Gasteiger partial charge is 0.499 e. The predicted molar refractivity (Wildman–Crippen MR) is 69.3 cm³/mol. The van der Waals surface area contributed by atoms with Gasteiger partial charge in [-0.2, -0.15) is 0 Å². The van der Waals surface area contributed by atoms with Crippen molar-refractivity contribution in [1.82, 2.24) is 0 Å². The summed E-state index contributed by atoms with van der Waals surface area (Å²) in [6.45, 7) is 2.72. The minimum absolute atomic E-state index is 0.0157. The molecule has 0 amide bonds. The molecule has 98 valence electrons. The van der Waals surface area contributed by atoms with Crippen LogP contribution in [0.1, 0.15) is 22.8 Å². The summed E-state index contributed by atoms with van der Waals surface area (Å²) >= 11 is 0. The van der Waals surface area contributed by atoms with Crippen LogP contribution >= 0.6 is 0 Å². The molecule has 0 saturated heterocycles. The fourth-order valence-electron chi connectivity index (χ4n) is 1.43. The van der Waals surface area contributed by atoms with Crippen molar-refractivity contribution in [3.63, 3.8) is 0 Å². The Morgan fingerprint density at radius 3 is 2.78 bits per heavy atom. The van der Waals surface area contributed by atoms with Crippen LogP contribution in [0.15, 0.2) is 30.5 Å². The van der Waals surface area contributed by atoms with Crippen molar-refractivity contribution in [2.45, 2.75) is 6.92 Å². The highest BCUT2D eigenvalue weighted by Gasteiger charge is 2.02. The van der Waals surface area contributed by atoms with Crippen molar-refractivity contribution in [2.24, 2.45) is 0 Å². The number of rotatable bonds is 8. The second-order valence-electron chi connectivity index (χ2n) is 3.65.